The Morgan fingerprint density at radius 3 is 2.36 bits per heavy atom. The molecule has 0 saturated carbocycles. The van der Waals surface area contributed by atoms with Crippen molar-refractivity contribution >= 4 is 5.69 Å². The summed E-state index contributed by atoms with van der Waals surface area (Å²) in [4.78, 5) is 0. The quantitative estimate of drug-likeness (QED) is 0.769. The molecule has 0 amide bonds. The topological polar surface area (TPSA) is 12.0 Å². The van der Waals surface area contributed by atoms with Crippen molar-refractivity contribution in [3.8, 4) is 0 Å². The lowest BCUT2D eigenvalue weighted by molar-refractivity contribution is 1.15. The van der Waals surface area contributed by atoms with Crippen LogP contribution >= 0.6 is 0 Å². The molecule has 0 aliphatic carbocycles. The maximum atomic E-state index is 3.35. The molecule has 69 valence electrons. The minimum Gasteiger partial charge on any atom is -0.381 e. The summed E-state index contributed by atoms with van der Waals surface area (Å²) in [6, 6.07) is 21.2. The molecular weight excluding hydrogens is 170 g/mol. The van der Waals surface area contributed by atoms with Gasteiger partial charge in [0.1, 0.15) is 0 Å². The van der Waals surface area contributed by atoms with Crippen molar-refractivity contribution in [3.63, 3.8) is 0 Å². The predicted molar refractivity (Wildman–Crippen MR) is 59.0 cm³/mol. The first kappa shape index (κ1) is 8.82. The van der Waals surface area contributed by atoms with Crippen LogP contribution in [-0.2, 0) is 6.54 Å². The SMILES string of the molecule is [c]1ccc(CNc2ccccc2)cc1. The number of hydrogen-bond donors (Lipinski definition) is 1. The molecule has 0 bridgehead atoms. The molecule has 2 aromatic carbocycles. The number of rotatable bonds is 3. The second-order valence-electron chi connectivity index (χ2n) is 3.13. The summed E-state index contributed by atoms with van der Waals surface area (Å²) >= 11 is 0. The lowest BCUT2D eigenvalue weighted by Crippen LogP contribution is -1.98. The molecule has 1 N–H and O–H groups in total. The summed E-state index contributed by atoms with van der Waals surface area (Å²) in [7, 11) is 0. The molecule has 1 nitrogen and oxygen atoms in total. The third-order valence-electron chi connectivity index (χ3n) is 2.06. The zero-order chi connectivity index (χ0) is 9.64. The monoisotopic (exact) mass is 182 g/mol. The van der Waals surface area contributed by atoms with Crippen LogP contribution in [0.15, 0.2) is 54.6 Å². The predicted octanol–water partition coefficient (Wildman–Crippen LogP) is 3.10. The molecule has 0 fully saturated rings. The fourth-order valence-corrected chi connectivity index (χ4v) is 1.30. The van der Waals surface area contributed by atoms with E-state index in [0.29, 0.717) is 0 Å². The zero-order valence-corrected chi connectivity index (χ0v) is 7.90. The Bertz CT molecular complexity index is 327. The van der Waals surface area contributed by atoms with Gasteiger partial charge in [-0.2, -0.15) is 0 Å². The smallest absolute Gasteiger partial charge is 0.0400 e. The van der Waals surface area contributed by atoms with Crippen molar-refractivity contribution in [3.05, 3.63) is 66.2 Å². The van der Waals surface area contributed by atoms with E-state index in [0.717, 1.165) is 12.2 Å². The molecule has 0 atom stereocenters. The van der Waals surface area contributed by atoms with Crippen molar-refractivity contribution in [1.82, 2.24) is 0 Å². The normalized spacial score (nSPS) is 9.71. The zero-order valence-electron chi connectivity index (χ0n) is 7.90. The molecule has 0 unspecified atom stereocenters. The van der Waals surface area contributed by atoms with Gasteiger partial charge >= 0.3 is 0 Å². The number of anilines is 1. The number of nitrogens with one attached hydrogen (secondary N) is 1. The van der Waals surface area contributed by atoms with Gasteiger partial charge in [-0.05, 0) is 23.8 Å². The number of para-hydroxylation sites is 1. The molecule has 0 saturated heterocycles. The highest BCUT2D eigenvalue weighted by molar-refractivity contribution is 5.43. The van der Waals surface area contributed by atoms with Crippen LogP contribution in [0, 0.1) is 6.07 Å². The molecule has 0 heterocycles. The first-order valence-corrected chi connectivity index (χ1v) is 4.69. The van der Waals surface area contributed by atoms with Crippen LogP contribution in [-0.4, -0.2) is 0 Å². The van der Waals surface area contributed by atoms with Gasteiger partial charge in [0.2, 0.25) is 0 Å². The first-order valence-electron chi connectivity index (χ1n) is 4.69. The molecule has 0 spiro atoms. The van der Waals surface area contributed by atoms with E-state index in [4.69, 9.17) is 0 Å². The second kappa shape index (κ2) is 4.47. The van der Waals surface area contributed by atoms with Gasteiger partial charge in [-0.1, -0.05) is 42.5 Å². The first-order chi connectivity index (χ1) is 6.95. The van der Waals surface area contributed by atoms with Gasteiger partial charge < -0.3 is 5.32 Å². The Balaban J connectivity index is 1.96. The Hall–Kier alpha value is -1.76. The lowest BCUT2D eigenvalue weighted by atomic mass is 10.2. The van der Waals surface area contributed by atoms with Crippen molar-refractivity contribution in [1.29, 1.82) is 0 Å². The average molecular weight is 182 g/mol. The summed E-state index contributed by atoms with van der Waals surface area (Å²) < 4.78 is 0. The lowest BCUT2D eigenvalue weighted by Gasteiger charge is -2.05. The second-order valence-corrected chi connectivity index (χ2v) is 3.13. The fraction of sp³-hybridized carbons (Fsp3) is 0.0769. The molecule has 2 aromatic rings. The summed E-state index contributed by atoms with van der Waals surface area (Å²) in [5, 5.41) is 3.35. The highest BCUT2D eigenvalue weighted by Gasteiger charge is 1.90. The summed E-state index contributed by atoms with van der Waals surface area (Å²) in [5.74, 6) is 0. The van der Waals surface area contributed by atoms with E-state index in [9.17, 15) is 0 Å². The van der Waals surface area contributed by atoms with E-state index >= 15 is 0 Å². The molecule has 0 aliphatic heterocycles. The van der Waals surface area contributed by atoms with Gasteiger partial charge in [0.15, 0.2) is 0 Å². The molecule has 1 radical (unpaired) electrons. The molecule has 1 heteroatoms. The van der Waals surface area contributed by atoms with Crippen LogP contribution in [0.2, 0.25) is 0 Å². The Morgan fingerprint density at radius 1 is 0.929 bits per heavy atom. The molecule has 0 aliphatic rings. The van der Waals surface area contributed by atoms with Gasteiger partial charge in [-0.15, -0.1) is 0 Å². The standard InChI is InChI=1S/C13H12N/c1-3-7-12(8-4-1)11-14-13-9-5-2-6-10-13/h2-10,14H,11H2. The van der Waals surface area contributed by atoms with Crippen LogP contribution in [0.25, 0.3) is 0 Å². The molecule has 0 aromatic heterocycles. The van der Waals surface area contributed by atoms with E-state index in [1.54, 1.807) is 0 Å². The minimum absolute atomic E-state index is 0.860. The van der Waals surface area contributed by atoms with Gasteiger partial charge in [0, 0.05) is 12.2 Å². The van der Waals surface area contributed by atoms with Crippen LogP contribution in [0.1, 0.15) is 5.56 Å². The van der Waals surface area contributed by atoms with Crippen molar-refractivity contribution in [2.45, 2.75) is 6.54 Å². The van der Waals surface area contributed by atoms with Crippen molar-refractivity contribution in [2.75, 3.05) is 5.32 Å². The maximum Gasteiger partial charge on any atom is 0.0400 e. The fourth-order valence-electron chi connectivity index (χ4n) is 1.30. The minimum atomic E-state index is 0.860. The third kappa shape index (κ3) is 2.36. The number of benzene rings is 2. The average Bonchev–Trinajstić information content (AvgIpc) is 2.29. The van der Waals surface area contributed by atoms with Crippen molar-refractivity contribution in [2.24, 2.45) is 0 Å². The van der Waals surface area contributed by atoms with Gasteiger partial charge in [0.25, 0.3) is 0 Å². The maximum absolute atomic E-state index is 3.35. The van der Waals surface area contributed by atoms with Gasteiger partial charge in [-0.25, -0.2) is 0 Å². The third-order valence-corrected chi connectivity index (χ3v) is 2.06. The van der Waals surface area contributed by atoms with Crippen LogP contribution in [0.4, 0.5) is 5.69 Å². The summed E-state index contributed by atoms with van der Waals surface area (Å²) in [5.41, 5.74) is 2.42. The summed E-state index contributed by atoms with van der Waals surface area (Å²) in [6.07, 6.45) is 0. The Kier molecular flexibility index (Phi) is 2.82. The highest BCUT2D eigenvalue weighted by atomic mass is 14.9. The van der Waals surface area contributed by atoms with Gasteiger partial charge in [0.05, 0.1) is 0 Å². The Labute approximate surface area is 84.4 Å². The summed E-state index contributed by atoms with van der Waals surface area (Å²) in [6.45, 7) is 0.860. The van der Waals surface area contributed by atoms with E-state index in [1.165, 1.54) is 5.56 Å². The molecular formula is C13H12N. The largest absolute Gasteiger partial charge is 0.381 e. The van der Waals surface area contributed by atoms with E-state index in [-0.39, 0.29) is 0 Å². The van der Waals surface area contributed by atoms with Gasteiger partial charge in [-0.3, -0.25) is 0 Å². The molecule has 2 rings (SSSR count). The van der Waals surface area contributed by atoms with Crippen LogP contribution in [0.3, 0.4) is 0 Å². The van der Waals surface area contributed by atoms with Crippen LogP contribution < -0.4 is 5.32 Å². The van der Waals surface area contributed by atoms with E-state index in [1.807, 2.05) is 30.3 Å². The van der Waals surface area contributed by atoms with E-state index in [2.05, 4.69) is 35.6 Å². The molecule has 14 heavy (non-hydrogen) atoms. The number of hydrogen-bond acceptors (Lipinski definition) is 1. The van der Waals surface area contributed by atoms with Crippen molar-refractivity contribution < 1.29 is 0 Å². The van der Waals surface area contributed by atoms with Crippen LogP contribution in [0.5, 0.6) is 0 Å². The Morgan fingerprint density at radius 2 is 1.64 bits per heavy atom. The van der Waals surface area contributed by atoms with E-state index < -0.39 is 0 Å². The highest BCUT2D eigenvalue weighted by Crippen LogP contribution is 2.07.